The van der Waals surface area contributed by atoms with Gasteiger partial charge in [-0.3, -0.25) is 0 Å². The van der Waals surface area contributed by atoms with Gasteiger partial charge in [-0.1, -0.05) is 83.0 Å². The molecule has 3 aromatic heterocycles. The molecule has 7 rings (SSSR count). The number of aromatic nitrogens is 5. The van der Waals surface area contributed by atoms with E-state index in [0.29, 0.717) is 11.5 Å². The van der Waals surface area contributed by atoms with Gasteiger partial charge in [0.25, 0.3) is 0 Å². The first-order valence-corrected chi connectivity index (χ1v) is 16.5. The molecule has 0 saturated carbocycles. The number of pyridine rings is 1. The number of benzene rings is 4. The van der Waals surface area contributed by atoms with Gasteiger partial charge < -0.3 is 9.30 Å². The first-order chi connectivity index (χ1) is 22.8. The van der Waals surface area contributed by atoms with Crippen molar-refractivity contribution in [1.29, 1.82) is 0 Å². The molecule has 0 amide bonds. The fourth-order valence-electron chi connectivity index (χ4n) is 6.41. The number of rotatable bonds is 5. The van der Waals surface area contributed by atoms with Gasteiger partial charge in [0.2, 0.25) is 0 Å². The van der Waals surface area contributed by atoms with Crippen LogP contribution in [-0.2, 0) is 31.9 Å². The van der Waals surface area contributed by atoms with E-state index in [-0.39, 0.29) is 31.9 Å². The molecule has 0 spiro atoms. The average molecular weight is 827 g/mol. The topological polar surface area (TPSA) is 57.8 Å². The first kappa shape index (κ1) is 34.3. The molecule has 0 aliphatic heterocycles. The summed E-state index contributed by atoms with van der Waals surface area (Å²) in [5.41, 5.74) is 8.34. The molecule has 0 bridgehead atoms. The van der Waals surface area contributed by atoms with Crippen LogP contribution in [0.5, 0.6) is 11.5 Å². The second-order valence-electron chi connectivity index (χ2n) is 14.8. The number of hydrogen-bond acceptors (Lipinski definition) is 4. The average Bonchev–Trinajstić information content (AvgIpc) is 3.60. The van der Waals surface area contributed by atoms with Crippen LogP contribution >= 0.6 is 0 Å². The van der Waals surface area contributed by atoms with Crippen LogP contribution in [0.4, 0.5) is 0 Å². The molecule has 0 aliphatic rings. The number of aryl methyl sites for hydroxylation is 3. The summed E-state index contributed by atoms with van der Waals surface area (Å²) < 4.78 is 10.6. The standard InChI is InChI=1S/C42H41N5O.Pt/c1-26-21-27(2)38(28(3)22-26)39-44-40(42(7,8)9)45-47(39)30-13-12-14-31(24-30)48-32-17-18-34-33-15-10-11-16-35(33)46(36(34)25-32)37-23-29(19-20-43-37)41(4,5)6;/h10-23H,1-9H3;/q-2;+2. The molecular weight excluding hydrogens is 786 g/mol. The van der Waals surface area contributed by atoms with Crippen molar-refractivity contribution in [2.45, 2.75) is 73.1 Å². The van der Waals surface area contributed by atoms with Gasteiger partial charge in [0, 0.05) is 34.2 Å². The Morgan fingerprint density at radius 3 is 2.14 bits per heavy atom. The molecule has 0 atom stereocenters. The minimum atomic E-state index is -0.231. The normalized spacial score (nSPS) is 12.0. The molecule has 0 aliphatic carbocycles. The van der Waals surface area contributed by atoms with Crippen molar-refractivity contribution < 1.29 is 25.8 Å². The Morgan fingerprint density at radius 2 is 1.43 bits per heavy atom. The third-order valence-corrected chi connectivity index (χ3v) is 8.78. The third kappa shape index (κ3) is 6.47. The molecule has 0 radical (unpaired) electrons. The Kier molecular flexibility index (Phi) is 8.92. The number of ether oxygens (including phenoxy) is 1. The Labute approximate surface area is 303 Å². The fourth-order valence-corrected chi connectivity index (χ4v) is 6.41. The largest absolute Gasteiger partial charge is 2.00 e. The van der Waals surface area contributed by atoms with E-state index in [9.17, 15) is 0 Å². The first-order valence-electron chi connectivity index (χ1n) is 16.5. The summed E-state index contributed by atoms with van der Waals surface area (Å²) in [6.07, 6.45) is 1.89. The zero-order valence-corrected chi connectivity index (χ0v) is 31.8. The van der Waals surface area contributed by atoms with E-state index < -0.39 is 0 Å². The number of fused-ring (bicyclic) bond motifs is 3. The molecular formula is C42H41N5OPt. The van der Waals surface area contributed by atoms with E-state index in [1.165, 1.54) is 11.1 Å². The van der Waals surface area contributed by atoms with Gasteiger partial charge in [-0.2, -0.15) is 17.2 Å². The van der Waals surface area contributed by atoms with Crippen LogP contribution in [-0.4, -0.2) is 24.3 Å². The Hall–Kier alpha value is -4.54. The van der Waals surface area contributed by atoms with E-state index in [1.54, 1.807) is 0 Å². The Balaban J connectivity index is 0.00000417. The van der Waals surface area contributed by atoms with Crippen molar-refractivity contribution in [3.05, 3.63) is 125 Å². The molecule has 250 valence electrons. The van der Waals surface area contributed by atoms with Crippen molar-refractivity contribution in [3.63, 3.8) is 0 Å². The predicted molar refractivity (Wildman–Crippen MR) is 195 cm³/mol. The van der Waals surface area contributed by atoms with E-state index in [0.717, 1.165) is 61.7 Å². The van der Waals surface area contributed by atoms with Crippen molar-refractivity contribution in [1.82, 2.24) is 24.3 Å². The van der Waals surface area contributed by atoms with E-state index in [2.05, 4.69) is 134 Å². The van der Waals surface area contributed by atoms with Crippen molar-refractivity contribution in [2.24, 2.45) is 0 Å². The van der Waals surface area contributed by atoms with Crippen LogP contribution in [0.25, 0.3) is 44.7 Å². The summed E-state index contributed by atoms with van der Waals surface area (Å²) in [6.45, 7) is 19.4. The summed E-state index contributed by atoms with van der Waals surface area (Å²) in [7, 11) is 0. The molecule has 3 heterocycles. The molecule has 49 heavy (non-hydrogen) atoms. The SMILES string of the molecule is Cc1cc(C)c(-c2nc(C(C)(C)C)nn2-c2[c-]c(Oc3[c-]c4c(cc3)c3ccccc3n4-c3cc(C(C)(C)C)ccn3)ccc2)c(C)c1.[Pt+2]. The summed E-state index contributed by atoms with van der Waals surface area (Å²) in [5, 5.41) is 7.24. The maximum Gasteiger partial charge on any atom is 2.00 e. The van der Waals surface area contributed by atoms with Crippen LogP contribution in [0.2, 0.25) is 0 Å². The molecule has 0 unspecified atom stereocenters. The van der Waals surface area contributed by atoms with Gasteiger partial charge in [-0.15, -0.1) is 35.7 Å². The molecule has 0 fully saturated rings. The van der Waals surface area contributed by atoms with Gasteiger partial charge >= 0.3 is 21.1 Å². The Morgan fingerprint density at radius 1 is 0.714 bits per heavy atom. The summed E-state index contributed by atoms with van der Waals surface area (Å²) >= 11 is 0. The van der Waals surface area contributed by atoms with Crippen LogP contribution < -0.4 is 4.74 Å². The summed E-state index contributed by atoms with van der Waals surface area (Å²) in [6, 6.07) is 34.1. The van der Waals surface area contributed by atoms with Gasteiger partial charge in [-0.25, -0.2) is 14.6 Å². The number of hydrogen-bond donors (Lipinski definition) is 0. The zero-order valence-electron chi connectivity index (χ0n) is 29.5. The summed E-state index contributed by atoms with van der Waals surface area (Å²) in [5.74, 6) is 3.57. The molecule has 6 nitrogen and oxygen atoms in total. The van der Waals surface area contributed by atoms with Gasteiger partial charge in [0.1, 0.15) is 5.82 Å². The van der Waals surface area contributed by atoms with E-state index in [1.807, 2.05) is 35.1 Å². The Bertz CT molecular complexity index is 2310. The second kappa shape index (κ2) is 12.7. The number of nitrogens with zero attached hydrogens (tertiary/aromatic N) is 5. The van der Waals surface area contributed by atoms with Crippen LogP contribution in [0.3, 0.4) is 0 Å². The quantitative estimate of drug-likeness (QED) is 0.162. The smallest absolute Gasteiger partial charge is 0.509 e. The minimum Gasteiger partial charge on any atom is -0.509 e. The molecule has 0 N–H and O–H groups in total. The zero-order chi connectivity index (χ0) is 34.0. The second-order valence-corrected chi connectivity index (χ2v) is 14.8. The van der Waals surface area contributed by atoms with Crippen LogP contribution in [0.15, 0.2) is 85.1 Å². The fraction of sp³-hybridized carbons (Fsp3) is 0.262. The molecule has 7 heteroatoms. The van der Waals surface area contributed by atoms with Crippen LogP contribution in [0.1, 0.15) is 69.6 Å². The van der Waals surface area contributed by atoms with Gasteiger partial charge in [0.05, 0.1) is 0 Å². The third-order valence-electron chi connectivity index (χ3n) is 8.78. The maximum atomic E-state index is 6.49. The summed E-state index contributed by atoms with van der Waals surface area (Å²) in [4.78, 5) is 9.89. The van der Waals surface area contributed by atoms with E-state index >= 15 is 0 Å². The number of para-hydroxylation sites is 1. The van der Waals surface area contributed by atoms with Crippen molar-refractivity contribution in [2.75, 3.05) is 0 Å². The van der Waals surface area contributed by atoms with Crippen molar-refractivity contribution in [3.8, 4) is 34.4 Å². The minimum absolute atomic E-state index is 0. The monoisotopic (exact) mass is 826 g/mol. The molecule has 0 saturated heterocycles. The van der Waals surface area contributed by atoms with Gasteiger partial charge in [-0.05, 0) is 72.1 Å². The molecule has 7 aromatic rings. The van der Waals surface area contributed by atoms with Crippen molar-refractivity contribution >= 4 is 21.8 Å². The van der Waals surface area contributed by atoms with Crippen LogP contribution in [0, 0.1) is 32.9 Å². The molecule has 4 aromatic carbocycles. The van der Waals surface area contributed by atoms with Gasteiger partial charge in [0.15, 0.2) is 11.6 Å². The predicted octanol–water partition coefficient (Wildman–Crippen LogP) is 10.3. The maximum absolute atomic E-state index is 6.49. The van der Waals surface area contributed by atoms with E-state index in [4.69, 9.17) is 19.8 Å².